The molecular weight excluding hydrogens is 259 g/mol. The molecule has 110 valence electrons. The quantitative estimate of drug-likeness (QED) is 0.715. The Labute approximate surface area is 119 Å². The molecule has 0 aliphatic heterocycles. The van der Waals surface area contributed by atoms with Gasteiger partial charge in [-0.25, -0.2) is 4.39 Å². The molecule has 1 aromatic carbocycles. The summed E-state index contributed by atoms with van der Waals surface area (Å²) in [6, 6.07) is 5.91. The van der Waals surface area contributed by atoms with E-state index in [0.29, 0.717) is 6.54 Å². The Bertz CT molecular complexity index is 475. The molecule has 1 amide bonds. The van der Waals surface area contributed by atoms with E-state index in [2.05, 4.69) is 0 Å². The summed E-state index contributed by atoms with van der Waals surface area (Å²) in [6.45, 7) is 2.82. The van der Waals surface area contributed by atoms with E-state index in [9.17, 15) is 14.0 Å². The maximum absolute atomic E-state index is 13.6. The van der Waals surface area contributed by atoms with E-state index in [1.807, 2.05) is 6.92 Å². The van der Waals surface area contributed by atoms with Crippen molar-refractivity contribution in [3.05, 3.63) is 35.6 Å². The number of carbonyl (C=O) groups is 2. The van der Waals surface area contributed by atoms with Crippen LogP contribution >= 0.6 is 0 Å². The van der Waals surface area contributed by atoms with E-state index in [1.54, 1.807) is 31.1 Å². The Morgan fingerprint density at radius 3 is 2.35 bits per heavy atom. The number of amides is 1. The maximum atomic E-state index is 13.6. The highest BCUT2D eigenvalue weighted by Gasteiger charge is 2.18. The van der Waals surface area contributed by atoms with Crippen LogP contribution in [0.4, 0.5) is 4.39 Å². The van der Waals surface area contributed by atoms with Crippen LogP contribution in [0.5, 0.6) is 0 Å². The standard InChI is InChI=1S/C15H21FN2O2/c1-4-9-18(11-15(20)17(2)3)10-14(19)12-7-5-6-8-13(12)16/h5-8H,4,9-11H2,1-3H3. The average Bonchev–Trinajstić information content (AvgIpc) is 2.39. The molecule has 0 fully saturated rings. The molecule has 0 heterocycles. The molecule has 0 bridgehead atoms. The van der Waals surface area contributed by atoms with E-state index >= 15 is 0 Å². The van der Waals surface area contributed by atoms with Crippen molar-refractivity contribution >= 4 is 11.7 Å². The van der Waals surface area contributed by atoms with Gasteiger partial charge in [-0.2, -0.15) is 0 Å². The third kappa shape index (κ3) is 4.74. The molecule has 0 radical (unpaired) electrons. The van der Waals surface area contributed by atoms with E-state index in [0.717, 1.165) is 6.42 Å². The first-order chi connectivity index (χ1) is 9.45. The van der Waals surface area contributed by atoms with Crippen LogP contribution in [-0.2, 0) is 4.79 Å². The zero-order chi connectivity index (χ0) is 15.1. The summed E-state index contributed by atoms with van der Waals surface area (Å²) in [5.41, 5.74) is 0.0749. The van der Waals surface area contributed by atoms with Crippen LogP contribution in [0.25, 0.3) is 0 Å². The topological polar surface area (TPSA) is 40.6 Å². The van der Waals surface area contributed by atoms with Gasteiger partial charge < -0.3 is 4.90 Å². The minimum absolute atomic E-state index is 0.0500. The molecule has 0 unspecified atom stereocenters. The fourth-order valence-corrected chi connectivity index (χ4v) is 1.84. The van der Waals surface area contributed by atoms with E-state index in [1.165, 1.54) is 17.0 Å². The van der Waals surface area contributed by atoms with Crippen LogP contribution in [0.1, 0.15) is 23.7 Å². The fraction of sp³-hybridized carbons (Fsp3) is 0.467. The van der Waals surface area contributed by atoms with Gasteiger partial charge in [-0.3, -0.25) is 14.5 Å². The number of hydrogen-bond acceptors (Lipinski definition) is 3. The normalized spacial score (nSPS) is 10.7. The molecule has 0 aliphatic carbocycles. The lowest BCUT2D eigenvalue weighted by Gasteiger charge is -2.22. The molecule has 0 saturated heterocycles. The van der Waals surface area contributed by atoms with Crippen LogP contribution in [-0.4, -0.2) is 55.2 Å². The zero-order valence-electron chi connectivity index (χ0n) is 12.2. The first kappa shape index (κ1) is 16.3. The minimum atomic E-state index is -0.520. The third-order valence-corrected chi connectivity index (χ3v) is 2.94. The van der Waals surface area contributed by atoms with Crippen molar-refractivity contribution in [2.24, 2.45) is 0 Å². The Kier molecular flexibility index (Phi) is 6.31. The van der Waals surface area contributed by atoms with Crippen molar-refractivity contribution < 1.29 is 14.0 Å². The summed E-state index contributed by atoms with van der Waals surface area (Å²) < 4.78 is 13.6. The van der Waals surface area contributed by atoms with Crippen molar-refractivity contribution in [2.45, 2.75) is 13.3 Å². The molecule has 0 atom stereocenters. The van der Waals surface area contributed by atoms with Crippen molar-refractivity contribution in [1.29, 1.82) is 0 Å². The second-order valence-corrected chi connectivity index (χ2v) is 4.90. The van der Waals surface area contributed by atoms with Gasteiger partial charge in [0.15, 0.2) is 5.78 Å². The van der Waals surface area contributed by atoms with Crippen LogP contribution < -0.4 is 0 Å². The van der Waals surface area contributed by atoms with E-state index < -0.39 is 5.82 Å². The smallest absolute Gasteiger partial charge is 0.236 e. The lowest BCUT2D eigenvalue weighted by Crippen LogP contribution is -2.39. The van der Waals surface area contributed by atoms with E-state index in [-0.39, 0.29) is 30.3 Å². The number of Topliss-reactive ketones (excluding diaryl/α,β-unsaturated/α-hetero) is 1. The monoisotopic (exact) mass is 280 g/mol. The predicted molar refractivity (Wildman–Crippen MR) is 76.2 cm³/mol. The highest BCUT2D eigenvalue weighted by Crippen LogP contribution is 2.08. The van der Waals surface area contributed by atoms with Gasteiger partial charge in [0, 0.05) is 14.1 Å². The van der Waals surface area contributed by atoms with Crippen molar-refractivity contribution in [3.63, 3.8) is 0 Å². The summed E-state index contributed by atoms with van der Waals surface area (Å²) >= 11 is 0. The molecule has 1 aromatic rings. The van der Waals surface area contributed by atoms with Gasteiger partial charge in [0.2, 0.25) is 5.91 Å². The third-order valence-electron chi connectivity index (χ3n) is 2.94. The SMILES string of the molecule is CCCN(CC(=O)c1ccccc1F)CC(=O)N(C)C. The molecule has 4 nitrogen and oxygen atoms in total. The molecule has 1 rings (SSSR count). The lowest BCUT2D eigenvalue weighted by atomic mass is 10.1. The molecular formula is C15H21FN2O2. The Hall–Kier alpha value is -1.75. The van der Waals surface area contributed by atoms with Crippen LogP contribution in [0, 0.1) is 5.82 Å². The number of halogens is 1. The second-order valence-electron chi connectivity index (χ2n) is 4.90. The van der Waals surface area contributed by atoms with Crippen LogP contribution in [0.3, 0.4) is 0 Å². The largest absolute Gasteiger partial charge is 0.348 e. The highest BCUT2D eigenvalue weighted by molar-refractivity contribution is 5.98. The first-order valence-electron chi connectivity index (χ1n) is 6.66. The van der Waals surface area contributed by atoms with Gasteiger partial charge in [-0.05, 0) is 25.1 Å². The molecule has 0 aliphatic rings. The molecule has 0 aromatic heterocycles. The number of ketones is 1. The van der Waals surface area contributed by atoms with Gasteiger partial charge >= 0.3 is 0 Å². The summed E-state index contributed by atoms with van der Waals surface area (Å²) in [5, 5.41) is 0. The maximum Gasteiger partial charge on any atom is 0.236 e. The Balaban J connectivity index is 2.73. The number of nitrogens with zero attached hydrogens (tertiary/aromatic N) is 2. The number of rotatable bonds is 7. The van der Waals surface area contributed by atoms with Crippen molar-refractivity contribution in [1.82, 2.24) is 9.80 Å². The lowest BCUT2D eigenvalue weighted by molar-refractivity contribution is -0.129. The summed E-state index contributed by atoms with van der Waals surface area (Å²) in [6.07, 6.45) is 0.825. The van der Waals surface area contributed by atoms with Gasteiger partial charge in [0.05, 0.1) is 18.7 Å². The number of benzene rings is 1. The number of carbonyl (C=O) groups excluding carboxylic acids is 2. The highest BCUT2D eigenvalue weighted by atomic mass is 19.1. The zero-order valence-corrected chi connectivity index (χ0v) is 12.2. The van der Waals surface area contributed by atoms with Crippen molar-refractivity contribution in [2.75, 3.05) is 33.7 Å². The van der Waals surface area contributed by atoms with Gasteiger partial charge in [-0.15, -0.1) is 0 Å². The molecule has 5 heteroatoms. The van der Waals surface area contributed by atoms with Crippen LogP contribution in [0.2, 0.25) is 0 Å². The van der Waals surface area contributed by atoms with Crippen LogP contribution in [0.15, 0.2) is 24.3 Å². The molecule has 0 spiro atoms. The van der Waals surface area contributed by atoms with Crippen molar-refractivity contribution in [3.8, 4) is 0 Å². The van der Waals surface area contributed by atoms with Gasteiger partial charge in [0.25, 0.3) is 0 Å². The first-order valence-corrected chi connectivity index (χ1v) is 6.66. The fourth-order valence-electron chi connectivity index (χ4n) is 1.84. The Morgan fingerprint density at radius 1 is 1.15 bits per heavy atom. The number of likely N-dealkylation sites (N-methyl/N-ethyl adjacent to an activating group) is 1. The van der Waals surface area contributed by atoms with Gasteiger partial charge in [0.1, 0.15) is 5.82 Å². The minimum Gasteiger partial charge on any atom is -0.348 e. The number of hydrogen-bond donors (Lipinski definition) is 0. The average molecular weight is 280 g/mol. The molecule has 0 N–H and O–H groups in total. The summed E-state index contributed by atoms with van der Waals surface area (Å²) in [5.74, 6) is -0.893. The Morgan fingerprint density at radius 2 is 1.80 bits per heavy atom. The molecule has 20 heavy (non-hydrogen) atoms. The van der Waals surface area contributed by atoms with E-state index in [4.69, 9.17) is 0 Å². The summed E-state index contributed by atoms with van der Waals surface area (Å²) in [4.78, 5) is 27.0. The predicted octanol–water partition coefficient (Wildman–Crippen LogP) is 1.81. The second kappa shape index (κ2) is 7.75. The van der Waals surface area contributed by atoms with Gasteiger partial charge in [-0.1, -0.05) is 19.1 Å². The summed E-state index contributed by atoms with van der Waals surface area (Å²) in [7, 11) is 3.34. The molecule has 0 saturated carbocycles.